The van der Waals surface area contributed by atoms with E-state index >= 15 is 0 Å². The largest absolute Gasteiger partial charge is 0.495 e. The summed E-state index contributed by atoms with van der Waals surface area (Å²) in [5.74, 6) is -0.904. The number of aromatic nitrogens is 1. The minimum atomic E-state index is -0.728. The monoisotopic (exact) mass is 404 g/mol. The second-order valence-electron chi connectivity index (χ2n) is 6.82. The molecule has 28 heavy (non-hydrogen) atoms. The van der Waals surface area contributed by atoms with Gasteiger partial charge in [-0.3, -0.25) is 14.5 Å². The van der Waals surface area contributed by atoms with E-state index in [1.165, 1.54) is 7.11 Å². The second kappa shape index (κ2) is 9.12. The summed E-state index contributed by atoms with van der Waals surface area (Å²) in [6.45, 7) is 2.35. The van der Waals surface area contributed by atoms with E-state index in [1.807, 2.05) is 19.3 Å². The molecule has 1 aliphatic rings. The highest BCUT2D eigenvalue weighted by atomic mass is 35.5. The number of carbonyl (C=O) groups is 2. The highest BCUT2D eigenvalue weighted by Crippen LogP contribution is 2.27. The minimum absolute atomic E-state index is 0.0367. The predicted octanol–water partition coefficient (Wildman–Crippen LogP) is 2.58. The lowest BCUT2D eigenvalue weighted by atomic mass is 10.1. The number of hydrogen-bond acceptors (Lipinski definition) is 4. The molecule has 0 bridgehead atoms. The number of methoxy groups -OCH3 is 1. The molecule has 0 saturated carbocycles. The average Bonchev–Trinajstić information content (AvgIpc) is 3.34. The first-order chi connectivity index (χ1) is 13.5. The molecule has 8 heteroatoms. The van der Waals surface area contributed by atoms with Crippen LogP contribution in [0.1, 0.15) is 24.6 Å². The lowest BCUT2D eigenvalue weighted by molar-refractivity contribution is -0.136. The quantitative estimate of drug-likeness (QED) is 0.725. The number of likely N-dealkylation sites (tertiary alicyclic amines) is 1. The number of ether oxygens (including phenoxy) is 1. The van der Waals surface area contributed by atoms with E-state index in [9.17, 15) is 9.59 Å². The number of rotatable bonds is 6. The first-order valence-electron chi connectivity index (χ1n) is 9.27. The Labute approximate surface area is 169 Å². The molecule has 2 amide bonds. The number of benzene rings is 1. The van der Waals surface area contributed by atoms with Crippen LogP contribution in [0.3, 0.4) is 0 Å². The Morgan fingerprint density at radius 1 is 1.21 bits per heavy atom. The lowest BCUT2D eigenvalue weighted by Crippen LogP contribution is -2.41. The third-order valence-corrected chi connectivity index (χ3v) is 5.27. The summed E-state index contributed by atoms with van der Waals surface area (Å²) in [6.07, 6.45) is 4.28. The summed E-state index contributed by atoms with van der Waals surface area (Å²) < 4.78 is 7.13. The van der Waals surface area contributed by atoms with Crippen LogP contribution in [0.2, 0.25) is 5.02 Å². The van der Waals surface area contributed by atoms with Crippen LogP contribution in [0.5, 0.6) is 5.75 Å². The van der Waals surface area contributed by atoms with Crippen LogP contribution in [0, 0.1) is 0 Å². The summed E-state index contributed by atoms with van der Waals surface area (Å²) in [5.41, 5.74) is 1.55. The Hall–Kier alpha value is -2.51. The van der Waals surface area contributed by atoms with Crippen molar-refractivity contribution in [2.75, 3.05) is 32.1 Å². The highest BCUT2D eigenvalue weighted by molar-refractivity contribution is 6.40. The molecule has 1 atom stereocenters. The van der Waals surface area contributed by atoms with Crippen molar-refractivity contribution in [3.05, 3.63) is 47.2 Å². The molecule has 2 aromatic rings. The van der Waals surface area contributed by atoms with Gasteiger partial charge < -0.3 is 19.9 Å². The van der Waals surface area contributed by atoms with Gasteiger partial charge in [0, 0.05) is 31.2 Å². The molecule has 3 rings (SSSR count). The summed E-state index contributed by atoms with van der Waals surface area (Å²) in [4.78, 5) is 26.9. The number of nitrogens with one attached hydrogen (secondary N) is 2. The van der Waals surface area contributed by atoms with Gasteiger partial charge >= 0.3 is 11.8 Å². The van der Waals surface area contributed by atoms with E-state index in [0.717, 1.165) is 31.6 Å². The third kappa shape index (κ3) is 4.66. The van der Waals surface area contributed by atoms with Crippen LogP contribution in [0.15, 0.2) is 36.5 Å². The van der Waals surface area contributed by atoms with Crippen LogP contribution in [-0.4, -0.2) is 48.0 Å². The second-order valence-corrected chi connectivity index (χ2v) is 7.22. The molecule has 1 aromatic heterocycles. The summed E-state index contributed by atoms with van der Waals surface area (Å²) in [7, 11) is 3.50. The molecular weight excluding hydrogens is 380 g/mol. The Balaban J connectivity index is 1.61. The number of halogens is 1. The Morgan fingerprint density at radius 2 is 1.96 bits per heavy atom. The Bertz CT molecular complexity index is 846. The number of nitrogens with zero attached hydrogens (tertiary/aromatic N) is 2. The fourth-order valence-electron chi connectivity index (χ4n) is 3.50. The van der Waals surface area contributed by atoms with E-state index in [4.69, 9.17) is 16.3 Å². The van der Waals surface area contributed by atoms with Crippen LogP contribution >= 0.6 is 11.6 Å². The van der Waals surface area contributed by atoms with Gasteiger partial charge in [0.25, 0.3) is 0 Å². The summed E-state index contributed by atoms with van der Waals surface area (Å²) >= 11 is 6.06. The molecule has 1 fully saturated rings. The number of amides is 2. The third-order valence-electron chi connectivity index (χ3n) is 4.98. The average molecular weight is 405 g/mol. The van der Waals surface area contributed by atoms with E-state index < -0.39 is 11.8 Å². The summed E-state index contributed by atoms with van der Waals surface area (Å²) in [5, 5.41) is 5.69. The van der Waals surface area contributed by atoms with Crippen molar-refractivity contribution in [1.82, 2.24) is 14.8 Å². The smallest absolute Gasteiger partial charge is 0.313 e. The van der Waals surface area contributed by atoms with Gasteiger partial charge in [-0.2, -0.15) is 0 Å². The van der Waals surface area contributed by atoms with E-state index in [-0.39, 0.29) is 6.04 Å². The molecule has 150 valence electrons. The maximum atomic E-state index is 12.3. The highest BCUT2D eigenvalue weighted by Gasteiger charge is 2.26. The van der Waals surface area contributed by atoms with Gasteiger partial charge in [-0.25, -0.2) is 0 Å². The van der Waals surface area contributed by atoms with Crippen molar-refractivity contribution in [3.8, 4) is 5.75 Å². The number of carbonyl (C=O) groups excluding carboxylic acids is 2. The van der Waals surface area contributed by atoms with Crippen molar-refractivity contribution in [1.29, 1.82) is 0 Å². The maximum absolute atomic E-state index is 12.3. The predicted molar refractivity (Wildman–Crippen MR) is 109 cm³/mol. The van der Waals surface area contributed by atoms with Gasteiger partial charge in [0.15, 0.2) is 0 Å². The van der Waals surface area contributed by atoms with Crippen LogP contribution < -0.4 is 15.4 Å². The lowest BCUT2D eigenvalue weighted by Gasteiger charge is -2.28. The van der Waals surface area contributed by atoms with Gasteiger partial charge in [0.05, 0.1) is 18.2 Å². The Kier molecular flexibility index (Phi) is 6.59. The molecule has 1 aromatic carbocycles. The molecule has 7 nitrogen and oxygen atoms in total. The zero-order valence-electron chi connectivity index (χ0n) is 16.1. The van der Waals surface area contributed by atoms with E-state index in [0.29, 0.717) is 23.0 Å². The maximum Gasteiger partial charge on any atom is 0.313 e. The zero-order chi connectivity index (χ0) is 20.1. The van der Waals surface area contributed by atoms with Crippen molar-refractivity contribution >= 4 is 29.1 Å². The van der Waals surface area contributed by atoms with Gasteiger partial charge in [-0.15, -0.1) is 0 Å². The first-order valence-corrected chi connectivity index (χ1v) is 9.65. The minimum Gasteiger partial charge on any atom is -0.495 e. The van der Waals surface area contributed by atoms with Gasteiger partial charge in [0.2, 0.25) is 0 Å². The molecule has 2 heterocycles. The molecule has 1 unspecified atom stereocenters. The topological polar surface area (TPSA) is 75.6 Å². The van der Waals surface area contributed by atoms with E-state index in [2.05, 4.69) is 26.2 Å². The molecular formula is C20H25ClN4O3. The van der Waals surface area contributed by atoms with Crippen molar-refractivity contribution in [2.45, 2.75) is 18.9 Å². The molecule has 0 spiro atoms. The molecule has 1 saturated heterocycles. The number of anilines is 1. The van der Waals surface area contributed by atoms with E-state index in [1.54, 1.807) is 18.2 Å². The van der Waals surface area contributed by atoms with Crippen LogP contribution in [-0.2, 0) is 16.6 Å². The number of aryl methyl sites for hydroxylation is 1. The van der Waals surface area contributed by atoms with Crippen LogP contribution in [0.4, 0.5) is 5.69 Å². The zero-order valence-corrected chi connectivity index (χ0v) is 16.8. The molecule has 0 radical (unpaired) electrons. The van der Waals surface area contributed by atoms with Gasteiger partial charge in [-0.05, 0) is 56.3 Å². The standard InChI is InChI=1S/C20H25ClN4O3/c1-24-9-5-6-16(24)17(25-10-3-4-11-25)13-22-19(26)20(27)23-14-7-8-18(28-2)15(21)12-14/h5-9,12,17H,3-4,10-11,13H2,1-2H3,(H,22,26)(H,23,27). The summed E-state index contributed by atoms with van der Waals surface area (Å²) in [6, 6.07) is 8.88. The molecule has 0 aliphatic carbocycles. The molecule has 1 aliphatic heterocycles. The van der Waals surface area contributed by atoms with Gasteiger partial charge in [-0.1, -0.05) is 11.6 Å². The van der Waals surface area contributed by atoms with Crippen molar-refractivity contribution in [3.63, 3.8) is 0 Å². The number of hydrogen-bond donors (Lipinski definition) is 2. The SMILES string of the molecule is COc1ccc(NC(=O)C(=O)NCC(c2cccn2C)N2CCCC2)cc1Cl. The fraction of sp³-hybridized carbons (Fsp3) is 0.400. The van der Waals surface area contributed by atoms with Crippen molar-refractivity contribution in [2.24, 2.45) is 7.05 Å². The van der Waals surface area contributed by atoms with Crippen molar-refractivity contribution < 1.29 is 14.3 Å². The first kappa shape index (κ1) is 20.2. The van der Waals surface area contributed by atoms with Crippen LogP contribution in [0.25, 0.3) is 0 Å². The normalized spacial score (nSPS) is 15.2. The van der Waals surface area contributed by atoms with Gasteiger partial charge in [0.1, 0.15) is 5.75 Å². The Morgan fingerprint density at radius 3 is 2.57 bits per heavy atom. The fourth-order valence-corrected chi connectivity index (χ4v) is 3.75. The molecule has 2 N–H and O–H groups in total.